The van der Waals surface area contributed by atoms with Crippen molar-refractivity contribution in [3.8, 4) is 0 Å². The van der Waals surface area contributed by atoms with E-state index < -0.39 is 0 Å². The molecule has 0 aliphatic carbocycles. The predicted octanol–water partition coefficient (Wildman–Crippen LogP) is 3.68. The number of carbonyl (C=O) groups is 1. The predicted molar refractivity (Wildman–Crippen MR) is 97.7 cm³/mol. The fraction of sp³-hybridized carbons (Fsp3) is 0.450. The summed E-state index contributed by atoms with van der Waals surface area (Å²) in [6.07, 6.45) is 5.85. The molecular weight excluding hydrogens is 300 g/mol. The zero-order chi connectivity index (χ0) is 16.9. The van der Waals surface area contributed by atoms with Crippen LogP contribution in [-0.2, 0) is 4.79 Å². The average Bonchev–Trinajstić information content (AvgIpc) is 2.95. The van der Waals surface area contributed by atoms with Crippen LogP contribution in [0.15, 0.2) is 40.8 Å². The molecule has 0 bridgehead atoms. The van der Waals surface area contributed by atoms with E-state index in [1.807, 2.05) is 30.3 Å². The zero-order valence-electron chi connectivity index (χ0n) is 14.5. The van der Waals surface area contributed by atoms with E-state index in [4.69, 9.17) is 4.42 Å². The van der Waals surface area contributed by atoms with E-state index in [1.54, 1.807) is 12.2 Å². The van der Waals surface area contributed by atoms with Gasteiger partial charge in [0.25, 0.3) is 0 Å². The molecule has 0 spiro atoms. The Bertz CT molecular complexity index is 686. The molecule has 0 saturated carbocycles. The number of nitrogens with zero attached hydrogens (tertiary/aromatic N) is 1. The normalized spacial score (nSPS) is 20.5. The molecule has 2 aromatic rings. The van der Waals surface area contributed by atoms with Crippen molar-refractivity contribution in [3.63, 3.8) is 0 Å². The third-order valence-electron chi connectivity index (χ3n) is 4.51. The van der Waals surface area contributed by atoms with Gasteiger partial charge in [-0.1, -0.05) is 25.1 Å². The lowest BCUT2D eigenvalue weighted by Crippen LogP contribution is -2.44. The molecular formula is C20H26N2O2. The monoisotopic (exact) mass is 326 g/mol. The summed E-state index contributed by atoms with van der Waals surface area (Å²) in [5.74, 6) is 1.38. The number of carbonyl (C=O) groups excluding carboxylic acids is 1. The third-order valence-corrected chi connectivity index (χ3v) is 4.51. The first-order valence-electron chi connectivity index (χ1n) is 8.79. The lowest BCUT2D eigenvalue weighted by molar-refractivity contribution is -0.117. The summed E-state index contributed by atoms with van der Waals surface area (Å²) < 4.78 is 5.68. The van der Waals surface area contributed by atoms with Crippen molar-refractivity contribution in [3.05, 3.63) is 42.2 Å². The van der Waals surface area contributed by atoms with E-state index >= 15 is 0 Å². The molecule has 2 atom stereocenters. The molecule has 128 valence electrons. The minimum absolute atomic E-state index is 0.0759. The number of fused-ring (bicyclic) bond motifs is 1. The highest BCUT2D eigenvalue weighted by Gasteiger charge is 2.18. The van der Waals surface area contributed by atoms with Gasteiger partial charge in [0.05, 0.1) is 0 Å². The molecule has 4 nitrogen and oxygen atoms in total. The van der Waals surface area contributed by atoms with Crippen molar-refractivity contribution in [1.29, 1.82) is 0 Å². The van der Waals surface area contributed by atoms with E-state index in [-0.39, 0.29) is 11.9 Å². The van der Waals surface area contributed by atoms with Gasteiger partial charge >= 0.3 is 0 Å². The van der Waals surface area contributed by atoms with Crippen LogP contribution < -0.4 is 5.32 Å². The molecule has 1 aliphatic rings. The maximum absolute atomic E-state index is 12.1. The second kappa shape index (κ2) is 7.67. The summed E-state index contributed by atoms with van der Waals surface area (Å²) in [5, 5.41) is 4.08. The number of likely N-dealkylation sites (tertiary alicyclic amines) is 1. The fourth-order valence-corrected chi connectivity index (χ4v) is 3.42. The van der Waals surface area contributed by atoms with Crippen molar-refractivity contribution in [2.75, 3.05) is 19.6 Å². The molecule has 2 heterocycles. The summed E-state index contributed by atoms with van der Waals surface area (Å²) in [5.41, 5.74) is 0.838. The number of amides is 1. The number of benzene rings is 1. The van der Waals surface area contributed by atoms with Gasteiger partial charge in [-0.2, -0.15) is 0 Å². The van der Waals surface area contributed by atoms with Gasteiger partial charge in [-0.25, -0.2) is 0 Å². The van der Waals surface area contributed by atoms with E-state index in [1.165, 1.54) is 12.8 Å². The number of hydrogen-bond donors (Lipinski definition) is 1. The van der Waals surface area contributed by atoms with Crippen LogP contribution in [0.4, 0.5) is 0 Å². The van der Waals surface area contributed by atoms with Crippen molar-refractivity contribution in [2.24, 2.45) is 5.92 Å². The van der Waals surface area contributed by atoms with Gasteiger partial charge in [0.2, 0.25) is 5.91 Å². The van der Waals surface area contributed by atoms with E-state index in [0.29, 0.717) is 5.76 Å². The number of piperidine rings is 1. The summed E-state index contributed by atoms with van der Waals surface area (Å²) in [4.78, 5) is 14.5. The second-order valence-electron chi connectivity index (χ2n) is 6.94. The van der Waals surface area contributed by atoms with Gasteiger partial charge in [-0.3, -0.25) is 4.79 Å². The Labute approximate surface area is 143 Å². The number of furan rings is 1. The smallest absolute Gasteiger partial charge is 0.244 e. The largest absolute Gasteiger partial charge is 0.457 e. The van der Waals surface area contributed by atoms with Crippen LogP contribution in [0.2, 0.25) is 0 Å². The first-order chi connectivity index (χ1) is 11.6. The number of nitrogens with one attached hydrogen (secondary N) is 1. The minimum atomic E-state index is -0.0759. The quantitative estimate of drug-likeness (QED) is 0.853. The molecule has 0 radical (unpaired) electrons. The van der Waals surface area contributed by atoms with Gasteiger partial charge in [0.15, 0.2) is 0 Å². The third kappa shape index (κ3) is 4.48. The lowest BCUT2D eigenvalue weighted by atomic mass is 10.00. The fourth-order valence-electron chi connectivity index (χ4n) is 3.42. The van der Waals surface area contributed by atoms with E-state index in [9.17, 15) is 4.79 Å². The van der Waals surface area contributed by atoms with Crippen molar-refractivity contribution in [1.82, 2.24) is 10.2 Å². The lowest BCUT2D eigenvalue weighted by Gasteiger charge is -2.32. The number of rotatable bonds is 5. The summed E-state index contributed by atoms with van der Waals surface area (Å²) in [6.45, 7) is 7.54. The molecule has 1 aromatic heterocycles. The maximum Gasteiger partial charge on any atom is 0.244 e. The highest BCUT2D eigenvalue weighted by Crippen LogP contribution is 2.19. The van der Waals surface area contributed by atoms with Crippen LogP contribution in [0.5, 0.6) is 0 Å². The van der Waals surface area contributed by atoms with Crippen LogP contribution in [0.1, 0.15) is 32.4 Å². The average molecular weight is 326 g/mol. The Hall–Kier alpha value is -2.07. The first kappa shape index (κ1) is 16.8. The van der Waals surface area contributed by atoms with Crippen molar-refractivity contribution in [2.45, 2.75) is 32.7 Å². The highest BCUT2D eigenvalue weighted by atomic mass is 16.3. The molecule has 1 aliphatic heterocycles. The molecule has 1 N–H and O–H groups in total. The Kier molecular flexibility index (Phi) is 5.36. The van der Waals surface area contributed by atoms with E-state index in [2.05, 4.69) is 24.1 Å². The Balaban J connectivity index is 1.50. The van der Waals surface area contributed by atoms with Crippen LogP contribution in [0.3, 0.4) is 0 Å². The summed E-state index contributed by atoms with van der Waals surface area (Å²) in [6, 6.07) is 9.92. The maximum atomic E-state index is 12.1. The molecule has 1 amide bonds. The van der Waals surface area contributed by atoms with Crippen molar-refractivity contribution < 1.29 is 9.21 Å². The molecule has 3 rings (SSSR count). The van der Waals surface area contributed by atoms with Gasteiger partial charge < -0.3 is 14.6 Å². The Morgan fingerprint density at radius 1 is 1.46 bits per heavy atom. The molecule has 24 heavy (non-hydrogen) atoms. The summed E-state index contributed by atoms with van der Waals surface area (Å²) in [7, 11) is 0. The number of hydrogen-bond acceptors (Lipinski definition) is 3. The van der Waals surface area contributed by atoms with Crippen LogP contribution in [0.25, 0.3) is 17.0 Å². The minimum Gasteiger partial charge on any atom is -0.457 e. The Morgan fingerprint density at radius 2 is 2.29 bits per heavy atom. The van der Waals surface area contributed by atoms with Gasteiger partial charge in [0, 0.05) is 30.6 Å². The van der Waals surface area contributed by atoms with Gasteiger partial charge in [-0.15, -0.1) is 0 Å². The SMILES string of the molecule is CC1CCCN(CC(C)NC(=O)C=Cc2cc3ccccc3o2)C1. The zero-order valence-corrected chi connectivity index (χ0v) is 14.5. The molecule has 1 fully saturated rings. The summed E-state index contributed by atoms with van der Waals surface area (Å²) >= 11 is 0. The topological polar surface area (TPSA) is 45.5 Å². The molecule has 1 aromatic carbocycles. The molecule has 4 heteroatoms. The second-order valence-corrected chi connectivity index (χ2v) is 6.94. The van der Waals surface area contributed by atoms with Gasteiger partial charge in [0.1, 0.15) is 11.3 Å². The van der Waals surface area contributed by atoms with Crippen LogP contribution >= 0.6 is 0 Å². The molecule has 1 saturated heterocycles. The van der Waals surface area contributed by atoms with Gasteiger partial charge in [-0.05, 0) is 50.4 Å². The molecule has 2 unspecified atom stereocenters. The first-order valence-corrected chi connectivity index (χ1v) is 8.79. The number of para-hydroxylation sites is 1. The van der Waals surface area contributed by atoms with Crippen LogP contribution in [0, 0.1) is 5.92 Å². The highest BCUT2D eigenvalue weighted by molar-refractivity contribution is 5.92. The van der Waals surface area contributed by atoms with Crippen molar-refractivity contribution >= 4 is 23.0 Å². The van der Waals surface area contributed by atoms with E-state index in [0.717, 1.165) is 36.5 Å². The standard InChI is InChI=1S/C20H26N2O2/c1-15-6-5-11-22(13-15)14-16(2)21-20(23)10-9-18-12-17-7-3-4-8-19(17)24-18/h3-4,7-10,12,15-16H,5-6,11,13-14H2,1-2H3,(H,21,23). The Morgan fingerprint density at radius 3 is 3.08 bits per heavy atom. The van der Waals surface area contributed by atoms with Crippen LogP contribution in [-0.4, -0.2) is 36.5 Å².